The summed E-state index contributed by atoms with van der Waals surface area (Å²) in [4.78, 5) is 0. The molecule has 0 saturated carbocycles. The van der Waals surface area contributed by atoms with Gasteiger partial charge < -0.3 is 4.74 Å². The van der Waals surface area contributed by atoms with Crippen LogP contribution in [-0.2, 0) is 4.74 Å². The van der Waals surface area contributed by atoms with E-state index in [1.807, 2.05) is 0 Å². The molecule has 1 rings (SSSR count). The first kappa shape index (κ1) is 29.2. The molecular formula is C17H13F15O. The van der Waals surface area contributed by atoms with Crippen LogP contribution >= 0.6 is 0 Å². The number of alkyl halides is 15. The van der Waals surface area contributed by atoms with E-state index in [1.54, 1.807) is 0 Å². The van der Waals surface area contributed by atoms with Gasteiger partial charge in [-0.2, -0.15) is 65.9 Å². The maximum atomic E-state index is 14.1. The van der Waals surface area contributed by atoms with Crippen LogP contribution in [0.25, 0.3) is 0 Å². The highest BCUT2D eigenvalue weighted by atomic mass is 19.4. The minimum Gasteiger partial charge on any atom is -0.377 e. The second kappa shape index (κ2) is 8.41. The number of hydrogen-bond donors (Lipinski definition) is 0. The molecule has 0 spiro atoms. The van der Waals surface area contributed by atoms with Crippen molar-refractivity contribution in [1.29, 1.82) is 0 Å². The fourth-order valence-electron chi connectivity index (χ4n) is 2.57. The normalized spacial score (nSPS) is 16.2. The average molecular weight is 518 g/mol. The van der Waals surface area contributed by atoms with E-state index in [0.717, 1.165) is 18.2 Å². The van der Waals surface area contributed by atoms with Gasteiger partial charge in [0.2, 0.25) is 0 Å². The molecule has 0 amide bonds. The molecule has 0 heterocycles. The zero-order chi connectivity index (χ0) is 26.5. The van der Waals surface area contributed by atoms with Crippen LogP contribution in [-0.4, -0.2) is 48.8 Å². The summed E-state index contributed by atoms with van der Waals surface area (Å²) in [7, 11) is 0.603. The Hall–Kier alpha value is -1.87. The third kappa shape index (κ3) is 4.46. The standard InChI is InChI=1S/C17H13F15O/c1-8-4-3-5-9(6-8)10(33-2)7-11(18,19)12(20,21)13(22,23)14(24,25)15(26,27)16(28,29)17(30,31)32/h3-6,10H,7H2,1-2H3. The smallest absolute Gasteiger partial charge is 0.377 e. The Morgan fingerprint density at radius 3 is 1.48 bits per heavy atom. The van der Waals surface area contributed by atoms with Crippen LogP contribution in [0.5, 0.6) is 0 Å². The lowest BCUT2D eigenvalue weighted by atomic mass is 9.88. The maximum Gasteiger partial charge on any atom is 0.460 e. The molecule has 0 bridgehead atoms. The molecular weight excluding hydrogens is 505 g/mol. The van der Waals surface area contributed by atoms with E-state index < -0.39 is 54.2 Å². The topological polar surface area (TPSA) is 9.23 Å². The summed E-state index contributed by atoms with van der Waals surface area (Å²) >= 11 is 0. The van der Waals surface area contributed by atoms with Gasteiger partial charge in [-0.1, -0.05) is 29.8 Å². The highest BCUT2D eigenvalue weighted by Gasteiger charge is 2.93. The minimum absolute atomic E-state index is 0.301. The van der Waals surface area contributed by atoms with Crippen LogP contribution < -0.4 is 0 Å². The minimum atomic E-state index is -8.29. The third-order valence-electron chi connectivity index (χ3n) is 4.53. The lowest BCUT2D eigenvalue weighted by Crippen LogP contribution is -2.72. The van der Waals surface area contributed by atoms with Crippen LogP contribution in [0.4, 0.5) is 65.9 Å². The summed E-state index contributed by atoms with van der Waals surface area (Å²) in [6.45, 7) is 1.36. The van der Waals surface area contributed by atoms with Crippen LogP contribution in [0.3, 0.4) is 0 Å². The van der Waals surface area contributed by atoms with E-state index in [2.05, 4.69) is 4.74 Å². The van der Waals surface area contributed by atoms with E-state index in [0.29, 0.717) is 12.7 Å². The number of aryl methyl sites for hydroxylation is 1. The quantitative estimate of drug-likeness (QED) is 0.309. The van der Waals surface area contributed by atoms with Gasteiger partial charge in [-0.3, -0.25) is 0 Å². The predicted octanol–water partition coefficient (Wildman–Crippen LogP) is 7.45. The van der Waals surface area contributed by atoms with Gasteiger partial charge in [-0.25, -0.2) is 0 Å². The monoisotopic (exact) mass is 518 g/mol. The van der Waals surface area contributed by atoms with E-state index in [-0.39, 0.29) is 5.56 Å². The molecule has 0 saturated heterocycles. The SMILES string of the molecule is COC(CC(F)(F)C(F)(F)C(F)(F)C(F)(F)C(F)(F)C(F)(F)C(F)(F)F)c1cccc(C)c1. The summed E-state index contributed by atoms with van der Waals surface area (Å²) in [6, 6.07) is 4.50. The Morgan fingerprint density at radius 2 is 1.09 bits per heavy atom. The van der Waals surface area contributed by atoms with Gasteiger partial charge in [-0.05, 0) is 12.5 Å². The van der Waals surface area contributed by atoms with Crippen LogP contribution in [0.1, 0.15) is 23.7 Å². The summed E-state index contributed by atoms with van der Waals surface area (Å²) in [5.74, 6) is -46.5. The van der Waals surface area contributed by atoms with Crippen molar-refractivity contribution in [3.63, 3.8) is 0 Å². The molecule has 1 unspecified atom stereocenters. The summed E-state index contributed by atoms with van der Waals surface area (Å²) in [6.07, 6.45) is -12.4. The fourth-order valence-corrected chi connectivity index (χ4v) is 2.57. The fraction of sp³-hybridized carbons (Fsp3) is 0.647. The Morgan fingerprint density at radius 1 is 0.667 bits per heavy atom. The van der Waals surface area contributed by atoms with Gasteiger partial charge in [0.25, 0.3) is 0 Å². The summed E-state index contributed by atoms with van der Waals surface area (Å²) in [5.41, 5.74) is -0.0764. The molecule has 0 radical (unpaired) electrons. The third-order valence-corrected chi connectivity index (χ3v) is 4.53. The van der Waals surface area contributed by atoms with Crippen molar-refractivity contribution in [1.82, 2.24) is 0 Å². The van der Waals surface area contributed by atoms with E-state index in [1.165, 1.54) is 13.0 Å². The molecule has 0 aliphatic heterocycles. The maximum absolute atomic E-state index is 14.1. The van der Waals surface area contributed by atoms with E-state index in [9.17, 15) is 65.9 Å². The highest BCUT2D eigenvalue weighted by molar-refractivity contribution is 5.25. The van der Waals surface area contributed by atoms with E-state index >= 15 is 0 Å². The second-order valence-electron chi connectivity index (χ2n) is 6.92. The van der Waals surface area contributed by atoms with Crippen molar-refractivity contribution in [2.24, 2.45) is 0 Å². The average Bonchev–Trinajstić information content (AvgIpc) is 2.64. The van der Waals surface area contributed by atoms with Gasteiger partial charge in [0, 0.05) is 13.5 Å². The summed E-state index contributed by atoms with van der Waals surface area (Å²) in [5, 5.41) is 0. The molecule has 16 heteroatoms. The van der Waals surface area contributed by atoms with Gasteiger partial charge in [0.15, 0.2) is 0 Å². The molecule has 0 aromatic heterocycles. The van der Waals surface area contributed by atoms with Crippen molar-refractivity contribution in [2.75, 3.05) is 7.11 Å². The Balaban J connectivity index is 3.50. The zero-order valence-electron chi connectivity index (χ0n) is 16.2. The van der Waals surface area contributed by atoms with Crippen LogP contribution in [0.15, 0.2) is 24.3 Å². The number of halogens is 15. The molecule has 0 aliphatic rings. The van der Waals surface area contributed by atoms with Crippen molar-refractivity contribution in [3.8, 4) is 0 Å². The summed E-state index contributed by atoms with van der Waals surface area (Å²) < 4.78 is 203. The molecule has 0 fully saturated rings. The first-order valence-corrected chi connectivity index (χ1v) is 8.35. The van der Waals surface area contributed by atoms with Crippen LogP contribution in [0, 0.1) is 6.92 Å². The van der Waals surface area contributed by atoms with Gasteiger partial charge >= 0.3 is 41.7 Å². The Labute approximate surface area is 175 Å². The van der Waals surface area contributed by atoms with Crippen molar-refractivity contribution in [3.05, 3.63) is 35.4 Å². The van der Waals surface area contributed by atoms with Crippen molar-refractivity contribution < 1.29 is 70.6 Å². The molecule has 1 aromatic rings. The first-order chi connectivity index (χ1) is 14.4. The number of ether oxygens (including phenoxy) is 1. The molecule has 1 nitrogen and oxygen atoms in total. The molecule has 33 heavy (non-hydrogen) atoms. The largest absolute Gasteiger partial charge is 0.460 e. The zero-order valence-corrected chi connectivity index (χ0v) is 16.2. The Kier molecular flexibility index (Phi) is 7.43. The lowest BCUT2D eigenvalue weighted by Gasteiger charge is -2.42. The van der Waals surface area contributed by atoms with Gasteiger partial charge in [0.05, 0.1) is 6.10 Å². The molecule has 1 aromatic carbocycles. The molecule has 0 N–H and O–H groups in total. The number of benzene rings is 1. The van der Waals surface area contributed by atoms with Gasteiger partial charge in [-0.15, -0.1) is 0 Å². The van der Waals surface area contributed by atoms with Crippen molar-refractivity contribution in [2.45, 2.75) is 61.2 Å². The molecule has 1 atom stereocenters. The van der Waals surface area contributed by atoms with Crippen molar-refractivity contribution >= 4 is 0 Å². The second-order valence-corrected chi connectivity index (χ2v) is 6.92. The highest BCUT2D eigenvalue weighted by Crippen LogP contribution is 2.63. The molecule has 0 aliphatic carbocycles. The van der Waals surface area contributed by atoms with Crippen LogP contribution in [0.2, 0.25) is 0 Å². The number of rotatable bonds is 9. The van der Waals surface area contributed by atoms with E-state index in [4.69, 9.17) is 0 Å². The Bertz CT molecular complexity index is 828. The molecule has 192 valence electrons. The van der Waals surface area contributed by atoms with Gasteiger partial charge in [0.1, 0.15) is 0 Å². The number of methoxy groups -OCH3 is 1. The first-order valence-electron chi connectivity index (χ1n) is 8.35. The number of hydrogen-bond acceptors (Lipinski definition) is 1. The predicted molar refractivity (Wildman–Crippen MR) is 81.3 cm³/mol. The lowest BCUT2D eigenvalue weighted by molar-refractivity contribution is -0.453.